The quantitative estimate of drug-likeness (QED) is 0.815. The third-order valence-corrected chi connectivity index (χ3v) is 4.43. The minimum absolute atomic E-state index is 0.0646. The highest BCUT2D eigenvalue weighted by Crippen LogP contribution is 2.22. The number of carbonyl (C=O) groups excluding carboxylic acids is 2. The molecule has 0 radical (unpaired) electrons. The topological polar surface area (TPSA) is 49.4 Å². The van der Waals surface area contributed by atoms with Gasteiger partial charge >= 0.3 is 0 Å². The van der Waals surface area contributed by atoms with Crippen LogP contribution in [0.2, 0.25) is 0 Å². The van der Waals surface area contributed by atoms with Gasteiger partial charge in [-0.2, -0.15) is 0 Å². The lowest BCUT2D eigenvalue weighted by molar-refractivity contribution is -0.125. The Bertz CT molecular complexity index is 813. The number of rotatable bonds is 5. The third-order valence-electron chi connectivity index (χ3n) is 4.43. The highest BCUT2D eigenvalue weighted by atomic mass is 16.2. The zero-order valence-corrected chi connectivity index (χ0v) is 16.7. The highest BCUT2D eigenvalue weighted by Gasteiger charge is 2.12. The van der Waals surface area contributed by atoms with E-state index in [1.54, 1.807) is 37.2 Å². The molecule has 2 aromatic carbocycles. The number of hydrogen-bond donors (Lipinski definition) is 1. The van der Waals surface area contributed by atoms with E-state index in [-0.39, 0.29) is 17.2 Å². The molecule has 0 saturated carbocycles. The molecule has 2 rings (SSSR count). The van der Waals surface area contributed by atoms with Gasteiger partial charge in [-0.15, -0.1) is 0 Å². The molecule has 4 heteroatoms. The zero-order valence-electron chi connectivity index (χ0n) is 16.7. The second-order valence-corrected chi connectivity index (χ2v) is 7.68. The van der Waals surface area contributed by atoms with Gasteiger partial charge in [0.25, 0.3) is 5.91 Å². The van der Waals surface area contributed by atoms with Crippen molar-refractivity contribution in [3.63, 3.8) is 0 Å². The van der Waals surface area contributed by atoms with E-state index in [2.05, 4.69) is 38.2 Å². The maximum absolute atomic E-state index is 12.3. The Labute approximate surface area is 161 Å². The smallest absolute Gasteiger partial charge is 0.251 e. The SMILES string of the molecule is CNC(=O)c1ccc(CN(C)C(=O)C=Cc2ccc(C(C)(C)C)cc2)cc1. The van der Waals surface area contributed by atoms with E-state index in [0.717, 1.165) is 11.1 Å². The van der Waals surface area contributed by atoms with Crippen LogP contribution >= 0.6 is 0 Å². The molecule has 142 valence electrons. The molecule has 0 aliphatic carbocycles. The van der Waals surface area contributed by atoms with Gasteiger partial charge in [0.1, 0.15) is 0 Å². The van der Waals surface area contributed by atoms with Gasteiger partial charge < -0.3 is 10.2 Å². The minimum Gasteiger partial charge on any atom is -0.355 e. The fourth-order valence-electron chi connectivity index (χ4n) is 2.65. The first kappa shape index (κ1) is 20.4. The lowest BCUT2D eigenvalue weighted by Crippen LogP contribution is -2.24. The summed E-state index contributed by atoms with van der Waals surface area (Å²) in [7, 11) is 3.37. The Balaban J connectivity index is 1.96. The Morgan fingerprint density at radius 1 is 1.00 bits per heavy atom. The van der Waals surface area contributed by atoms with Crippen LogP contribution in [0.4, 0.5) is 0 Å². The van der Waals surface area contributed by atoms with E-state index in [1.165, 1.54) is 5.56 Å². The van der Waals surface area contributed by atoms with Crippen LogP contribution < -0.4 is 5.32 Å². The average Bonchev–Trinajstić information content (AvgIpc) is 2.65. The Hall–Kier alpha value is -2.88. The Morgan fingerprint density at radius 2 is 1.59 bits per heavy atom. The van der Waals surface area contributed by atoms with Crippen LogP contribution in [0.3, 0.4) is 0 Å². The van der Waals surface area contributed by atoms with Gasteiger partial charge in [-0.1, -0.05) is 57.2 Å². The number of hydrogen-bond acceptors (Lipinski definition) is 2. The molecular weight excluding hydrogens is 336 g/mol. The number of likely N-dealkylation sites (N-methyl/N-ethyl adjacent to an activating group) is 1. The van der Waals surface area contributed by atoms with Gasteiger partial charge in [-0.3, -0.25) is 9.59 Å². The molecule has 0 saturated heterocycles. The first-order chi connectivity index (χ1) is 12.7. The molecule has 27 heavy (non-hydrogen) atoms. The number of nitrogens with one attached hydrogen (secondary N) is 1. The lowest BCUT2D eigenvalue weighted by Gasteiger charge is -2.18. The summed E-state index contributed by atoms with van der Waals surface area (Å²) in [6, 6.07) is 15.5. The highest BCUT2D eigenvalue weighted by molar-refractivity contribution is 5.94. The second kappa shape index (κ2) is 8.67. The molecule has 4 nitrogen and oxygen atoms in total. The predicted octanol–water partition coefficient (Wildman–Crippen LogP) is 4.02. The van der Waals surface area contributed by atoms with Crippen molar-refractivity contribution >= 4 is 17.9 Å². The Kier molecular flexibility index (Phi) is 6.56. The van der Waals surface area contributed by atoms with E-state index < -0.39 is 0 Å². The van der Waals surface area contributed by atoms with E-state index in [1.807, 2.05) is 30.3 Å². The second-order valence-electron chi connectivity index (χ2n) is 7.68. The largest absolute Gasteiger partial charge is 0.355 e. The van der Waals surface area contributed by atoms with E-state index in [4.69, 9.17) is 0 Å². The van der Waals surface area contributed by atoms with Crippen molar-refractivity contribution in [2.45, 2.75) is 32.7 Å². The minimum atomic E-state index is -0.119. The van der Waals surface area contributed by atoms with E-state index in [0.29, 0.717) is 12.1 Å². The molecule has 2 aromatic rings. The standard InChI is InChI=1S/C23H28N2O2/c1-23(2,3)20-13-8-17(9-14-20)10-15-21(26)25(5)16-18-6-11-19(12-7-18)22(27)24-4/h6-15H,16H2,1-5H3,(H,24,27). The Morgan fingerprint density at radius 3 is 2.11 bits per heavy atom. The van der Waals surface area contributed by atoms with Crippen LogP contribution in [-0.4, -0.2) is 30.8 Å². The summed E-state index contributed by atoms with van der Waals surface area (Å²) >= 11 is 0. The van der Waals surface area contributed by atoms with Crippen molar-refractivity contribution in [1.82, 2.24) is 10.2 Å². The molecule has 0 fully saturated rings. The van der Waals surface area contributed by atoms with Crippen LogP contribution in [0.15, 0.2) is 54.6 Å². The summed E-state index contributed by atoms with van der Waals surface area (Å²) in [4.78, 5) is 25.6. The maximum Gasteiger partial charge on any atom is 0.251 e. The van der Waals surface area contributed by atoms with Gasteiger partial charge in [-0.25, -0.2) is 0 Å². The van der Waals surface area contributed by atoms with Crippen molar-refractivity contribution in [1.29, 1.82) is 0 Å². The van der Waals surface area contributed by atoms with Crippen molar-refractivity contribution in [3.8, 4) is 0 Å². The first-order valence-corrected chi connectivity index (χ1v) is 9.05. The van der Waals surface area contributed by atoms with Gasteiger partial charge in [-0.05, 0) is 40.3 Å². The predicted molar refractivity (Wildman–Crippen MR) is 110 cm³/mol. The van der Waals surface area contributed by atoms with Crippen LogP contribution in [-0.2, 0) is 16.8 Å². The monoisotopic (exact) mass is 364 g/mol. The van der Waals surface area contributed by atoms with Gasteiger partial charge in [0.05, 0.1) is 0 Å². The number of benzene rings is 2. The van der Waals surface area contributed by atoms with E-state index >= 15 is 0 Å². The van der Waals surface area contributed by atoms with Crippen LogP contribution in [0.1, 0.15) is 47.8 Å². The van der Waals surface area contributed by atoms with Crippen LogP contribution in [0, 0.1) is 0 Å². The molecular formula is C23H28N2O2. The number of amides is 2. The summed E-state index contributed by atoms with van der Waals surface area (Å²) in [6.45, 7) is 7.02. The van der Waals surface area contributed by atoms with Crippen molar-refractivity contribution < 1.29 is 9.59 Å². The average molecular weight is 364 g/mol. The maximum atomic E-state index is 12.3. The van der Waals surface area contributed by atoms with Crippen LogP contribution in [0.25, 0.3) is 6.08 Å². The summed E-state index contributed by atoms with van der Waals surface area (Å²) in [5, 5.41) is 2.59. The molecule has 0 spiro atoms. The fourth-order valence-corrected chi connectivity index (χ4v) is 2.65. The molecule has 0 unspecified atom stereocenters. The molecule has 0 aliphatic rings. The van der Waals surface area contributed by atoms with Gasteiger partial charge in [0, 0.05) is 32.3 Å². The first-order valence-electron chi connectivity index (χ1n) is 9.05. The summed E-state index contributed by atoms with van der Waals surface area (Å²) in [5.74, 6) is -0.184. The molecule has 0 bridgehead atoms. The molecule has 0 aliphatic heterocycles. The molecule has 0 aromatic heterocycles. The number of nitrogens with zero attached hydrogens (tertiary/aromatic N) is 1. The normalized spacial score (nSPS) is 11.4. The molecule has 0 heterocycles. The molecule has 0 atom stereocenters. The van der Waals surface area contributed by atoms with Crippen molar-refractivity contribution in [3.05, 3.63) is 76.9 Å². The molecule has 2 amide bonds. The zero-order chi connectivity index (χ0) is 20.0. The summed E-state index contributed by atoms with van der Waals surface area (Å²) in [5.41, 5.74) is 3.96. The fraction of sp³-hybridized carbons (Fsp3) is 0.304. The van der Waals surface area contributed by atoms with Gasteiger partial charge in [0.2, 0.25) is 5.91 Å². The lowest BCUT2D eigenvalue weighted by atomic mass is 9.87. The van der Waals surface area contributed by atoms with Crippen LogP contribution in [0.5, 0.6) is 0 Å². The van der Waals surface area contributed by atoms with Gasteiger partial charge in [0.15, 0.2) is 0 Å². The summed E-state index contributed by atoms with van der Waals surface area (Å²) in [6.07, 6.45) is 3.42. The number of carbonyl (C=O) groups is 2. The summed E-state index contributed by atoms with van der Waals surface area (Å²) < 4.78 is 0. The van der Waals surface area contributed by atoms with Crippen molar-refractivity contribution in [2.75, 3.05) is 14.1 Å². The third kappa shape index (κ3) is 5.81. The van der Waals surface area contributed by atoms with Crippen molar-refractivity contribution in [2.24, 2.45) is 0 Å². The molecule has 1 N–H and O–H groups in total. The van der Waals surface area contributed by atoms with E-state index in [9.17, 15) is 9.59 Å².